The zero-order valence-electron chi connectivity index (χ0n) is 14.1. The number of hydrogen-bond donors (Lipinski definition) is 1. The SMILES string of the molecule is COc1cccc(-c2ncc(-c3nccn3CCC3CC(O)C3)s2)c1. The van der Waals surface area contributed by atoms with E-state index >= 15 is 0 Å². The number of rotatable bonds is 6. The summed E-state index contributed by atoms with van der Waals surface area (Å²) in [7, 11) is 1.67. The largest absolute Gasteiger partial charge is 0.497 e. The summed E-state index contributed by atoms with van der Waals surface area (Å²) in [5.41, 5.74) is 1.05. The number of nitrogens with zero attached hydrogens (tertiary/aromatic N) is 3. The molecule has 25 heavy (non-hydrogen) atoms. The molecule has 0 spiro atoms. The lowest BCUT2D eigenvalue weighted by molar-refractivity contribution is 0.0373. The molecule has 0 unspecified atom stereocenters. The average molecular weight is 355 g/mol. The van der Waals surface area contributed by atoms with Gasteiger partial charge in [-0.05, 0) is 37.3 Å². The summed E-state index contributed by atoms with van der Waals surface area (Å²) in [6.45, 7) is 0.930. The molecule has 6 heteroatoms. The molecule has 2 heterocycles. The van der Waals surface area contributed by atoms with Gasteiger partial charge in [0.1, 0.15) is 10.8 Å². The first-order valence-electron chi connectivity index (χ1n) is 8.53. The summed E-state index contributed by atoms with van der Waals surface area (Å²) in [4.78, 5) is 10.2. The van der Waals surface area contributed by atoms with Crippen molar-refractivity contribution in [3.05, 3.63) is 42.9 Å². The van der Waals surface area contributed by atoms with Crippen LogP contribution < -0.4 is 4.74 Å². The van der Waals surface area contributed by atoms with Gasteiger partial charge in [-0.3, -0.25) is 0 Å². The Morgan fingerprint density at radius 2 is 2.20 bits per heavy atom. The van der Waals surface area contributed by atoms with Crippen LogP contribution in [0.2, 0.25) is 0 Å². The lowest BCUT2D eigenvalue weighted by Crippen LogP contribution is -2.29. The second kappa shape index (κ2) is 6.98. The Morgan fingerprint density at radius 3 is 3.00 bits per heavy atom. The van der Waals surface area contributed by atoms with Gasteiger partial charge in [0.05, 0.1) is 18.1 Å². The molecule has 5 nitrogen and oxygen atoms in total. The van der Waals surface area contributed by atoms with E-state index in [0.717, 1.165) is 52.8 Å². The van der Waals surface area contributed by atoms with Gasteiger partial charge in [0, 0.05) is 30.7 Å². The topological polar surface area (TPSA) is 60.2 Å². The van der Waals surface area contributed by atoms with Gasteiger partial charge in [-0.25, -0.2) is 9.97 Å². The highest BCUT2D eigenvalue weighted by Crippen LogP contribution is 2.34. The quantitative estimate of drug-likeness (QED) is 0.730. The minimum atomic E-state index is -0.0841. The van der Waals surface area contributed by atoms with Crippen LogP contribution in [0.5, 0.6) is 5.75 Å². The van der Waals surface area contributed by atoms with E-state index in [1.807, 2.05) is 42.9 Å². The molecule has 0 aliphatic heterocycles. The molecule has 1 N–H and O–H groups in total. The van der Waals surface area contributed by atoms with Crippen molar-refractivity contribution in [1.82, 2.24) is 14.5 Å². The zero-order valence-corrected chi connectivity index (χ0v) is 14.9. The van der Waals surface area contributed by atoms with Crippen molar-refractivity contribution in [2.45, 2.75) is 31.9 Å². The number of ether oxygens (including phenoxy) is 1. The van der Waals surface area contributed by atoms with Gasteiger partial charge < -0.3 is 14.4 Å². The van der Waals surface area contributed by atoms with Crippen molar-refractivity contribution in [3.63, 3.8) is 0 Å². The summed E-state index contributed by atoms with van der Waals surface area (Å²) >= 11 is 1.64. The number of aryl methyl sites for hydroxylation is 1. The average Bonchev–Trinajstić information content (AvgIpc) is 3.26. The zero-order chi connectivity index (χ0) is 17.2. The third-order valence-corrected chi connectivity index (χ3v) is 5.79. The Bertz CT molecular complexity index is 852. The van der Waals surface area contributed by atoms with Crippen molar-refractivity contribution >= 4 is 11.3 Å². The van der Waals surface area contributed by atoms with Crippen LogP contribution in [0.1, 0.15) is 19.3 Å². The van der Waals surface area contributed by atoms with E-state index in [9.17, 15) is 5.11 Å². The van der Waals surface area contributed by atoms with Crippen LogP contribution in [0.15, 0.2) is 42.9 Å². The molecule has 3 aromatic rings. The van der Waals surface area contributed by atoms with Crippen molar-refractivity contribution in [1.29, 1.82) is 0 Å². The number of benzene rings is 1. The second-order valence-corrected chi connectivity index (χ2v) is 7.52. The predicted octanol–water partition coefficient (Wildman–Crippen LogP) is 3.84. The monoisotopic (exact) mass is 355 g/mol. The summed E-state index contributed by atoms with van der Waals surface area (Å²) in [5.74, 6) is 2.43. The van der Waals surface area contributed by atoms with Crippen molar-refractivity contribution in [3.8, 4) is 27.0 Å². The van der Waals surface area contributed by atoms with E-state index in [1.54, 1.807) is 18.4 Å². The van der Waals surface area contributed by atoms with Gasteiger partial charge in [0.25, 0.3) is 0 Å². The number of imidazole rings is 1. The Kier molecular flexibility index (Phi) is 4.55. The highest BCUT2D eigenvalue weighted by molar-refractivity contribution is 7.18. The van der Waals surface area contributed by atoms with E-state index in [1.165, 1.54) is 0 Å². The van der Waals surface area contributed by atoms with Crippen LogP contribution in [0.4, 0.5) is 0 Å². The molecule has 1 aliphatic rings. The molecular weight excluding hydrogens is 334 g/mol. The van der Waals surface area contributed by atoms with Gasteiger partial charge in [-0.2, -0.15) is 0 Å². The molecule has 1 aliphatic carbocycles. The number of thiazole rings is 1. The van der Waals surface area contributed by atoms with Crippen LogP contribution >= 0.6 is 11.3 Å². The smallest absolute Gasteiger partial charge is 0.151 e. The van der Waals surface area contributed by atoms with Gasteiger partial charge in [-0.15, -0.1) is 11.3 Å². The lowest BCUT2D eigenvalue weighted by Gasteiger charge is -2.31. The number of methoxy groups -OCH3 is 1. The maximum atomic E-state index is 9.42. The molecule has 0 saturated heterocycles. The number of hydrogen-bond acceptors (Lipinski definition) is 5. The third-order valence-electron chi connectivity index (χ3n) is 4.75. The normalized spacial score (nSPS) is 19.6. The van der Waals surface area contributed by atoms with E-state index in [4.69, 9.17) is 4.74 Å². The molecule has 0 amide bonds. The first kappa shape index (κ1) is 16.3. The Labute approximate surface area is 151 Å². The molecule has 0 radical (unpaired) electrons. The van der Waals surface area contributed by atoms with Gasteiger partial charge in [0.15, 0.2) is 5.82 Å². The predicted molar refractivity (Wildman–Crippen MR) is 98.7 cm³/mol. The fourth-order valence-corrected chi connectivity index (χ4v) is 4.16. The fraction of sp³-hybridized carbons (Fsp3) is 0.368. The molecule has 130 valence electrons. The summed E-state index contributed by atoms with van der Waals surface area (Å²) in [6.07, 6.45) is 8.63. The molecule has 4 rings (SSSR count). The third kappa shape index (κ3) is 3.45. The summed E-state index contributed by atoms with van der Waals surface area (Å²) < 4.78 is 7.48. The maximum Gasteiger partial charge on any atom is 0.151 e. The van der Waals surface area contributed by atoms with E-state index in [0.29, 0.717) is 5.92 Å². The molecule has 0 bridgehead atoms. The first-order valence-corrected chi connectivity index (χ1v) is 9.34. The lowest BCUT2D eigenvalue weighted by atomic mass is 9.80. The van der Waals surface area contributed by atoms with Crippen LogP contribution in [0.25, 0.3) is 21.3 Å². The van der Waals surface area contributed by atoms with E-state index in [-0.39, 0.29) is 6.10 Å². The van der Waals surface area contributed by atoms with Gasteiger partial charge >= 0.3 is 0 Å². The van der Waals surface area contributed by atoms with Crippen molar-refractivity contribution < 1.29 is 9.84 Å². The summed E-state index contributed by atoms with van der Waals surface area (Å²) in [5, 5.41) is 10.4. The maximum absolute atomic E-state index is 9.42. The number of aliphatic hydroxyl groups excluding tert-OH is 1. The Hall–Kier alpha value is -2.18. The second-order valence-electron chi connectivity index (χ2n) is 6.49. The van der Waals surface area contributed by atoms with Crippen LogP contribution in [0, 0.1) is 5.92 Å². The first-order chi connectivity index (χ1) is 12.2. The number of aromatic nitrogens is 3. The van der Waals surface area contributed by atoms with Crippen LogP contribution in [-0.4, -0.2) is 32.9 Å². The molecule has 2 aromatic heterocycles. The Morgan fingerprint density at radius 1 is 1.32 bits per heavy atom. The van der Waals surface area contributed by atoms with E-state index in [2.05, 4.69) is 14.5 Å². The molecule has 1 aromatic carbocycles. The van der Waals surface area contributed by atoms with Crippen LogP contribution in [-0.2, 0) is 6.54 Å². The molecule has 1 fully saturated rings. The highest BCUT2D eigenvalue weighted by Gasteiger charge is 2.26. The highest BCUT2D eigenvalue weighted by atomic mass is 32.1. The molecule has 0 atom stereocenters. The fourth-order valence-electron chi connectivity index (χ4n) is 3.24. The Balaban J connectivity index is 1.51. The van der Waals surface area contributed by atoms with E-state index < -0.39 is 0 Å². The standard InChI is InChI=1S/C19H21N3O2S/c1-24-16-4-2-3-14(11-16)19-21-12-17(25-19)18-20-6-8-22(18)7-5-13-9-15(23)10-13/h2-4,6,8,11-13,15,23H,5,7,9-10H2,1H3. The van der Waals surface area contributed by atoms with Crippen LogP contribution in [0.3, 0.4) is 0 Å². The molecule has 1 saturated carbocycles. The van der Waals surface area contributed by atoms with Crippen molar-refractivity contribution in [2.24, 2.45) is 5.92 Å². The summed E-state index contributed by atoms with van der Waals surface area (Å²) in [6, 6.07) is 7.95. The molecular formula is C19H21N3O2S. The minimum Gasteiger partial charge on any atom is -0.497 e. The minimum absolute atomic E-state index is 0.0841. The van der Waals surface area contributed by atoms with Gasteiger partial charge in [-0.1, -0.05) is 12.1 Å². The number of aliphatic hydroxyl groups is 1. The van der Waals surface area contributed by atoms with Crippen molar-refractivity contribution in [2.75, 3.05) is 7.11 Å². The van der Waals surface area contributed by atoms with Gasteiger partial charge in [0.2, 0.25) is 0 Å².